The second-order valence-electron chi connectivity index (χ2n) is 3.91. The highest BCUT2D eigenvalue weighted by atomic mass is 19.1. The first-order valence-corrected chi connectivity index (χ1v) is 5.25. The standard InChI is InChI=1S/C13H17FO2/c1-9(2)6-7-16-11-4-5-12(10(3)15)13(14)8-11/h4-5,8,10,15H,1,6-7H2,2-3H3/t10-/m0/s1. The quantitative estimate of drug-likeness (QED) is 0.778. The first kappa shape index (κ1) is 12.7. The van der Waals surface area contributed by atoms with Crippen molar-refractivity contribution in [3.8, 4) is 5.75 Å². The van der Waals surface area contributed by atoms with Crippen LogP contribution in [0, 0.1) is 5.82 Å². The highest BCUT2D eigenvalue weighted by Crippen LogP contribution is 2.21. The lowest BCUT2D eigenvalue weighted by atomic mass is 10.1. The number of benzene rings is 1. The Morgan fingerprint density at radius 3 is 2.75 bits per heavy atom. The summed E-state index contributed by atoms with van der Waals surface area (Å²) in [6, 6.07) is 4.49. The van der Waals surface area contributed by atoms with Crippen LogP contribution in [0.4, 0.5) is 4.39 Å². The average Bonchev–Trinajstić information content (AvgIpc) is 2.16. The number of hydrogen-bond donors (Lipinski definition) is 1. The van der Waals surface area contributed by atoms with E-state index in [4.69, 9.17) is 4.74 Å². The number of halogens is 1. The van der Waals surface area contributed by atoms with Crippen molar-refractivity contribution < 1.29 is 14.2 Å². The van der Waals surface area contributed by atoms with E-state index in [1.807, 2.05) is 6.92 Å². The summed E-state index contributed by atoms with van der Waals surface area (Å²) in [6.45, 7) is 7.69. The zero-order valence-corrected chi connectivity index (χ0v) is 9.66. The van der Waals surface area contributed by atoms with Crippen molar-refractivity contribution in [1.29, 1.82) is 0 Å². The van der Waals surface area contributed by atoms with E-state index in [9.17, 15) is 9.50 Å². The van der Waals surface area contributed by atoms with Crippen LogP contribution in [0.1, 0.15) is 31.9 Å². The lowest BCUT2D eigenvalue weighted by molar-refractivity contribution is 0.194. The number of hydrogen-bond acceptors (Lipinski definition) is 2. The predicted molar refractivity (Wildman–Crippen MR) is 62.0 cm³/mol. The normalized spacial score (nSPS) is 12.2. The molecule has 0 spiro atoms. The summed E-state index contributed by atoms with van der Waals surface area (Å²) in [5.74, 6) is 0.0333. The van der Waals surface area contributed by atoms with E-state index in [0.717, 1.165) is 12.0 Å². The summed E-state index contributed by atoms with van der Waals surface area (Å²) in [5, 5.41) is 9.25. The highest BCUT2D eigenvalue weighted by molar-refractivity contribution is 5.30. The third-order valence-corrected chi connectivity index (χ3v) is 2.22. The summed E-state index contributed by atoms with van der Waals surface area (Å²) < 4.78 is 18.8. The summed E-state index contributed by atoms with van der Waals surface area (Å²) in [7, 11) is 0. The Bertz CT molecular complexity index is 372. The van der Waals surface area contributed by atoms with Crippen LogP contribution in [0.25, 0.3) is 0 Å². The molecule has 0 aliphatic carbocycles. The van der Waals surface area contributed by atoms with Crippen molar-refractivity contribution in [2.45, 2.75) is 26.4 Å². The van der Waals surface area contributed by atoms with Gasteiger partial charge in [-0.1, -0.05) is 5.57 Å². The van der Waals surface area contributed by atoms with E-state index in [0.29, 0.717) is 12.4 Å². The second-order valence-corrected chi connectivity index (χ2v) is 3.91. The van der Waals surface area contributed by atoms with Gasteiger partial charge in [-0.25, -0.2) is 4.39 Å². The molecular formula is C13H17FO2. The third-order valence-electron chi connectivity index (χ3n) is 2.22. The molecule has 16 heavy (non-hydrogen) atoms. The number of aliphatic hydroxyl groups is 1. The van der Waals surface area contributed by atoms with Gasteiger partial charge in [0.25, 0.3) is 0 Å². The maximum absolute atomic E-state index is 13.4. The molecule has 0 aromatic heterocycles. The molecule has 1 atom stereocenters. The molecule has 1 aromatic carbocycles. The molecule has 0 amide bonds. The Labute approximate surface area is 95.4 Å². The largest absolute Gasteiger partial charge is 0.493 e. The molecule has 88 valence electrons. The van der Waals surface area contributed by atoms with Crippen LogP contribution in [0.5, 0.6) is 5.75 Å². The minimum atomic E-state index is -0.801. The minimum Gasteiger partial charge on any atom is -0.493 e. The molecule has 1 aromatic rings. The zero-order chi connectivity index (χ0) is 12.1. The van der Waals surface area contributed by atoms with Crippen LogP contribution >= 0.6 is 0 Å². The summed E-state index contributed by atoms with van der Waals surface area (Å²) in [6.07, 6.45) is -0.0516. The zero-order valence-electron chi connectivity index (χ0n) is 9.66. The Balaban J connectivity index is 2.63. The molecule has 0 fully saturated rings. The fourth-order valence-corrected chi connectivity index (χ4v) is 1.28. The summed E-state index contributed by atoms with van der Waals surface area (Å²) in [4.78, 5) is 0. The summed E-state index contributed by atoms with van der Waals surface area (Å²) >= 11 is 0. The number of rotatable bonds is 5. The highest BCUT2D eigenvalue weighted by Gasteiger charge is 2.08. The van der Waals surface area contributed by atoms with E-state index >= 15 is 0 Å². The van der Waals surface area contributed by atoms with Crippen LogP contribution in [0.3, 0.4) is 0 Å². The molecule has 1 rings (SSSR count). The van der Waals surface area contributed by atoms with Crippen molar-refractivity contribution in [3.05, 3.63) is 41.7 Å². The van der Waals surface area contributed by atoms with E-state index in [-0.39, 0.29) is 5.56 Å². The van der Waals surface area contributed by atoms with Gasteiger partial charge in [-0.05, 0) is 26.0 Å². The van der Waals surface area contributed by atoms with Gasteiger partial charge in [-0.2, -0.15) is 0 Å². The maximum Gasteiger partial charge on any atom is 0.132 e. The lowest BCUT2D eigenvalue weighted by Crippen LogP contribution is -2.00. The topological polar surface area (TPSA) is 29.5 Å². The first-order valence-electron chi connectivity index (χ1n) is 5.25. The minimum absolute atomic E-state index is 0.284. The molecule has 2 nitrogen and oxygen atoms in total. The Morgan fingerprint density at radius 1 is 1.56 bits per heavy atom. The Morgan fingerprint density at radius 2 is 2.25 bits per heavy atom. The lowest BCUT2D eigenvalue weighted by Gasteiger charge is -2.09. The predicted octanol–water partition coefficient (Wildman–Crippen LogP) is 3.22. The van der Waals surface area contributed by atoms with Crippen LogP contribution in [0.15, 0.2) is 30.4 Å². The molecule has 0 aliphatic rings. The number of aliphatic hydroxyl groups excluding tert-OH is 1. The van der Waals surface area contributed by atoms with Gasteiger partial charge in [0.2, 0.25) is 0 Å². The average molecular weight is 224 g/mol. The molecular weight excluding hydrogens is 207 g/mol. The van der Waals surface area contributed by atoms with Gasteiger partial charge >= 0.3 is 0 Å². The van der Waals surface area contributed by atoms with Crippen LogP contribution < -0.4 is 4.74 Å². The number of ether oxygens (including phenoxy) is 1. The van der Waals surface area contributed by atoms with Crippen LogP contribution in [-0.4, -0.2) is 11.7 Å². The van der Waals surface area contributed by atoms with E-state index in [2.05, 4.69) is 6.58 Å². The maximum atomic E-state index is 13.4. The first-order chi connectivity index (χ1) is 7.50. The molecule has 3 heteroatoms. The SMILES string of the molecule is C=C(C)CCOc1ccc([C@H](C)O)c(F)c1. The van der Waals surface area contributed by atoms with Gasteiger partial charge in [-0.3, -0.25) is 0 Å². The van der Waals surface area contributed by atoms with Gasteiger partial charge in [0.15, 0.2) is 0 Å². The van der Waals surface area contributed by atoms with Gasteiger partial charge in [-0.15, -0.1) is 6.58 Å². The van der Waals surface area contributed by atoms with E-state index in [1.165, 1.54) is 19.1 Å². The molecule has 0 aliphatic heterocycles. The van der Waals surface area contributed by atoms with Gasteiger partial charge < -0.3 is 9.84 Å². The van der Waals surface area contributed by atoms with Crippen molar-refractivity contribution in [2.24, 2.45) is 0 Å². The van der Waals surface area contributed by atoms with E-state index < -0.39 is 11.9 Å². The van der Waals surface area contributed by atoms with Crippen molar-refractivity contribution in [3.63, 3.8) is 0 Å². The van der Waals surface area contributed by atoms with Crippen LogP contribution in [-0.2, 0) is 0 Å². The molecule has 0 heterocycles. The molecule has 0 unspecified atom stereocenters. The second kappa shape index (κ2) is 5.66. The summed E-state index contributed by atoms with van der Waals surface area (Å²) in [5.41, 5.74) is 1.31. The van der Waals surface area contributed by atoms with Crippen LogP contribution in [0.2, 0.25) is 0 Å². The van der Waals surface area contributed by atoms with Gasteiger partial charge in [0.05, 0.1) is 12.7 Å². The van der Waals surface area contributed by atoms with Crippen molar-refractivity contribution in [2.75, 3.05) is 6.61 Å². The molecule has 0 saturated carbocycles. The van der Waals surface area contributed by atoms with Gasteiger partial charge in [0, 0.05) is 18.1 Å². The fourth-order valence-electron chi connectivity index (χ4n) is 1.28. The van der Waals surface area contributed by atoms with E-state index in [1.54, 1.807) is 6.07 Å². The van der Waals surface area contributed by atoms with Crippen molar-refractivity contribution >= 4 is 0 Å². The molecule has 0 saturated heterocycles. The third kappa shape index (κ3) is 3.66. The molecule has 0 bridgehead atoms. The molecule has 1 N–H and O–H groups in total. The smallest absolute Gasteiger partial charge is 0.132 e. The monoisotopic (exact) mass is 224 g/mol. The van der Waals surface area contributed by atoms with Gasteiger partial charge in [0.1, 0.15) is 11.6 Å². The fraction of sp³-hybridized carbons (Fsp3) is 0.385. The Hall–Kier alpha value is -1.35. The molecule has 0 radical (unpaired) electrons. The Kier molecular flexibility index (Phi) is 4.50. The van der Waals surface area contributed by atoms with Crippen molar-refractivity contribution in [1.82, 2.24) is 0 Å².